The van der Waals surface area contributed by atoms with Gasteiger partial charge < -0.3 is 5.32 Å². The van der Waals surface area contributed by atoms with E-state index >= 15 is 0 Å². The van der Waals surface area contributed by atoms with Crippen LogP contribution in [0.5, 0.6) is 0 Å². The smallest absolute Gasteiger partial charge is 0.183 e. The Morgan fingerprint density at radius 2 is 2.04 bits per heavy atom. The van der Waals surface area contributed by atoms with E-state index in [9.17, 15) is 4.39 Å². The minimum absolute atomic E-state index is 0.241. The summed E-state index contributed by atoms with van der Waals surface area (Å²) in [6, 6.07) is 12.9. The van der Waals surface area contributed by atoms with Crippen LogP contribution in [-0.4, -0.2) is 20.0 Å². The molecular weight excluding hydrogens is 337 g/mol. The quantitative estimate of drug-likeness (QED) is 0.592. The van der Waals surface area contributed by atoms with Gasteiger partial charge in [0.15, 0.2) is 5.65 Å². The summed E-state index contributed by atoms with van der Waals surface area (Å²) in [4.78, 5) is 1.28. The number of hydrogen-bond acceptors (Lipinski definition) is 5. The van der Waals surface area contributed by atoms with E-state index < -0.39 is 0 Å². The van der Waals surface area contributed by atoms with Crippen LogP contribution in [0.4, 0.5) is 4.39 Å². The van der Waals surface area contributed by atoms with Crippen molar-refractivity contribution in [3.05, 3.63) is 70.3 Å². The molecule has 0 saturated carbocycles. The predicted molar refractivity (Wildman–Crippen MR) is 95.7 cm³/mol. The molecule has 0 bridgehead atoms. The van der Waals surface area contributed by atoms with Crippen molar-refractivity contribution in [3.8, 4) is 11.1 Å². The highest BCUT2D eigenvalue weighted by Gasteiger charge is 2.12. The number of rotatable bonds is 5. The highest BCUT2D eigenvalue weighted by molar-refractivity contribution is 7.10. The summed E-state index contributed by atoms with van der Waals surface area (Å²) in [6.07, 6.45) is 1.86. The number of aromatic nitrogens is 4. The topological polar surface area (TPSA) is 55.1 Å². The van der Waals surface area contributed by atoms with Crippen molar-refractivity contribution in [1.82, 2.24) is 25.4 Å². The number of nitrogens with zero attached hydrogens (tertiary/aromatic N) is 4. The van der Waals surface area contributed by atoms with E-state index in [1.54, 1.807) is 28.0 Å². The largest absolute Gasteiger partial charge is 0.305 e. The van der Waals surface area contributed by atoms with Gasteiger partial charge in [-0.25, -0.2) is 4.39 Å². The Bertz CT molecular complexity index is 979. The summed E-state index contributed by atoms with van der Waals surface area (Å²) in [5, 5.41) is 17.5. The second kappa shape index (κ2) is 6.70. The minimum Gasteiger partial charge on any atom is -0.305 e. The molecule has 0 aliphatic rings. The maximum atomic E-state index is 13.2. The van der Waals surface area contributed by atoms with Crippen LogP contribution in [0.3, 0.4) is 0 Å². The van der Waals surface area contributed by atoms with E-state index in [0.717, 1.165) is 22.3 Å². The molecule has 3 aromatic heterocycles. The Morgan fingerprint density at radius 3 is 2.80 bits per heavy atom. The first-order valence-corrected chi connectivity index (χ1v) is 8.82. The number of thiophene rings is 1. The van der Waals surface area contributed by atoms with Crippen molar-refractivity contribution in [1.29, 1.82) is 0 Å². The van der Waals surface area contributed by atoms with Crippen molar-refractivity contribution in [2.75, 3.05) is 0 Å². The van der Waals surface area contributed by atoms with E-state index in [0.29, 0.717) is 6.54 Å². The number of pyridine rings is 1. The van der Waals surface area contributed by atoms with Gasteiger partial charge in [-0.1, -0.05) is 18.2 Å². The first kappa shape index (κ1) is 15.9. The Morgan fingerprint density at radius 1 is 1.20 bits per heavy atom. The van der Waals surface area contributed by atoms with Crippen molar-refractivity contribution >= 4 is 17.0 Å². The maximum absolute atomic E-state index is 13.2. The summed E-state index contributed by atoms with van der Waals surface area (Å²) in [5.74, 6) is -0.251. The Balaban J connectivity index is 1.65. The molecule has 0 amide bonds. The molecule has 5 nitrogen and oxygen atoms in total. The first-order chi connectivity index (χ1) is 12.2. The molecule has 7 heteroatoms. The lowest BCUT2D eigenvalue weighted by Gasteiger charge is -2.13. The summed E-state index contributed by atoms with van der Waals surface area (Å²) >= 11 is 1.73. The summed E-state index contributed by atoms with van der Waals surface area (Å²) in [7, 11) is 0. The van der Waals surface area contributed by atoms with Crippen molar-refractivity contribution < 1.29 is 4.39 Å². The van der Waals surface area contributed by atoms with Gasteiger partial charge in [-0.3, -0.25) is 0 Å². The molecule has 1 N–H and O–H groups in total. The van der Waals surface area contributed by atoms with Gasteiger partial charge in [0.25, 0.3) is 0 Å². The summed E-state index contributed by atoms with van der Waals surface area (Å²) < 4.78 is 14.8. The van der Waals surface area contributed by atoms with Gasteiger partial charge in [0.05, 0.1) is 0 Å². The average molecular weight is 353 g/mol. The third-order valence-electron chi connectivity index (χ3n) is 4.12. The lowest BCUT2D eigenvalue weighted by atomic mass is 10.1. The van der Waals surface area contributed by atoms with Gasteiger partial charge in [-0.2, -0.15) is 4.52 Å². The second-order valence-electron chi connectivity index (χ2n) is 5.83. The number of fused-ring (bicyclic) bond motifs is 1. The lowest BCUT2D eigenvalue weighted by molar-refractivity contribution is 0.583. The van der Waals surface area contributed by atoms with Gasteiger partial charge in [-0.15, -0.1) is 16.4 Å². The van der Waals surface area contributed by atoms with Crippen LogP contribution in [0.1, 0.15) is 23.4 Å². The number of tetrazole rings is 1. The van der Waals surface area contributed by atoms with Crippen LogP contribution in [0.2, 0.25) is 0 Å². The molecular formula is C18H16FN5S. The van der Waals surface area contributed by atoms with Crippen molar-refractivity contribution in [2.45, 2.75) is 19.5 Å². The standard InChI is InChI=1S/C18H16FN5S/c1-12(17-3-2-8-25-17)20-10-14-9-15(11-24-18(14)21-22-23-24)13-4-6-16(19)7-5-13/h2-9,11-12,20H,10H2,1H3. The van der Waals surface area contributed by atoms with Crippen LogP contribution in [0.15, 0.2) is 54.0 Å². The fraction of sp³-hybridized carbons (Fsp3) is 0.167. The molecule has 1 atom stereocenters. The Kier molecular flexibility index (Phi) is 4.25. The normalized spacial score (nSPS) is 12.6. The van der Waals surface area contributed by atoms with E-state index in [-0.39, 0.29) is 11.9 Å². The SMILES string of the molecule is CC(NCc1cc(-c2ccc(F)cc2)cn2nnnc12)c1cccs1. The fourth-order valence-corrected chi connectivity index (χ4v) is 3.50. The number of hydrogen-bond donors (Lipinski definition) is 1. The van der Waals surface area contributed by atoms with Crippen LogP contribution >= 0.6 is 11.3 Å². The van der Waals surface area contributed by atoms with Gasteiger partial charge in [-0.05, 0) is 52.6 Å². The second-order valence-corrected chi connectivity index (χ2v) is 6.81. The van der Waals surface area contributed by atoms with E-state index in [4.69, 9.17) is 0 Å². The Hall–Kier alpha value is -2.64. The molecule has 3 heterocycles. The van der Waals surface area contributed by atoms with Gasteiger partial charge in [0, 0.05) is 34.8 Å². The number of halogens is 1. The monoisotopic (exact) mass is 353 g/mol. The van der Waals surface area contributed by atoms with Gasteiger partial charge >= 0.3 is 0 Å². The zero-order chi connectivity index (χ0) is 17.2. The predicted octanol–water partition coefficient (Wildman–Crippen LogP) is 3.84. The minimum atomic E-state index is -0.251. The molecule has 1 unspecified atom stereocenters. The highest BCUT2D eigenvalue weighted by Crippen LogP contribution is 2.24. The van der Waals surface area contributed by atoms with Gasteiger partial charge in [0.2, 0.25) is 0 Å². The Labute approximate surface area is 148 Å². The van der Waals surface area contributed by atoms with Crippen LogP contribution in [-0.2, 0) is 6.54 Å². The van der Waals surface area contributed by atoms with E-state index in [1.807, 2.05) is 18.3 Å². The molecule has 0 spiro atoms. The van der Waals surface area contributed by atoms with E-state index in [2.05, 4.69) is 39.2 Å². The molecule has 0 radical (unpaired) electrons. The zero-order valence-electron chi connectivity index (χ0n) is 13.6. The summed E-state index contributed by atoms with van der Waals surface area (Å²) in [6.45, 7) is 2.77. The molecule has 126 valence electrons. The lowest BCUT2D eigenvalue weighted by Crippen LogP contribution is -2.18. The van der Waals surface area contributed by atoms with Crippen molar-refractivity contribution in [2.24, 2.45) is 0 Å². The first-order valence-electron chi connectivity index (χ1n) is 7.94. The fourth-order valence-electron chi connectivity index (χ4n) is 2.74. The number of nitrogens with one attached hydrogen (secondary N) is 1. The average Bonchev–Trinajstić information content (AvgIpc) is 3.31. The van der Waals surface area contributed by atoms with Gasteiger partial charge in [0.1, 0.15) is 5.82 Å². The molecule has 4 aromatic rings. The third kappa shape index (κ3) is 3.29. The summed E-state index contributed by atoms with van der Waals surface area (Å²) in [5.41, 5.74) is 3.58. The third-order valence-corrected chi connectivity index (χ3v) is 5.17. The van der Waals surface area contributed by atoms with Crippen molar-refractivity contribution in [3.63, 3.8) is 0 Å². The molecule has 25 heavy (non-hydrogen) atoms. The highest BCUT2D eigenvalue weighted by atomic mass is 32.1. The van der Waals surface area contributed by atoms with Crippen LogP contribution < -0.4 is 5.32 Å². The molecule has 1 aromatic carbocycles. The molecule has 0 aliphatic heterocycles. The number of benzene rings is 1. The molecule has 4 rings (SSSR count). The molecule has 0 aliphatic carbocycles. The van der Waals surface area contributed by atoms with E-state index in [1.165, 1.54) is 17.0 Å². The van der Waals surface area contributed by atoms with Crippen LogP contribution in [0.25, 0.3) is 16.8 Å². The molecule has 0 saturated heterocycles. The zero-order valence-corrected chi connectivity index (χ0v) is 14.4. The molecule has 0 fully saturated rings. The maximum Gasteiger partial charge on any atom is 0.183 e. The van der Waals surface area contributed by atoms with Crippen LogP contribution in [0, 0.1) is 5.82 Å².